The van der Waals surface area contributed by atoms with Gasteiger partial charge in [0.15, 0.2) is 23.4 Å². The molecule has 1 atom stereocenters. The van der Waals surface area contributed by atoms with Crippen LogP contribution < -0.4 is 18.9 Å². The van der Waals surface area contributed by atoms with Crippen molar-refractivity contribution in [1.29, 1.82) is 0 Å². The molecule has 0 aromatic heterocycles. The average Bonchev–Trinajstić information content (AvgIpc) is 3.03. The van der Waals surface area contributed by atoms with Gasteiger partial charge in [-0.25, -0.2) is 0 Å². The van der Waals surface area contributed by atoms with Gasteiger partial charge >= 0.3 is 0 Å². The molecule has 0 bridgehead atoms. The second kappa shape index (κ2) is 12.9. The average molecular weight is 571 g/mol. The fourth-order valence-corrected chi connectivity index (χ4v) is 5.31. The van der Waals surface area contributed by atoms with E-state index in [0.29, 0.717) is 49.1 Å². The van der Waals surface area contributed by atoms with Crippen molar-refractivity contribution < 1.29 is 23.7 Å². The monoisotopic (exact) mass is 570 g/mol. The van der Waals surface area contributed by atoms with Crippen LogP contribution in [0.4, 0.5) is 0 Å². The van der Waals surface area contributed by atoms with Crippen LogP contribution in [0.3, 0.4) is 0 Å². The first-order valence-electron chi connectivity index (χ1n) is 14.5. The number of ketones is 1. The summed E-state index contributed by atoms with van der Waals surface area (Å²) in [6, 6.07) is 37.7. The highest BCUT2D eigenvalue weighted by molar-refractivity contribution is 5.89. The normalized spacial score (nSPS) is 14.0. The third-order valence-electron chi connectivity index (χ3n) is 7.51. The lowest BCUT2D eigenvalue weighted by Crippen LogP contribution is -2.26. The van der Waals surface area contributed by atoms with Gasteiger partial charge in [0.2, 0.25) is 5.75 Å². The summed E-state index contributed by atoms with van der Waals surface area (Å²) in [7, 11) is 0. The van der Waals surface area contributed by atoms with Crippen LogP contribution in [0, 0.1) is 13.8 Å². The molecule has 1 unspecified atom stereocenters. The van der Waals surface area contributed by atoms with Crippen LogP contribution >= 0.6 is 0 Å². The molecule has 0 N–H and O–H groups in total. The summed E-state index contributed by atoms with van der Waals surface area (Å²) >= 11 is 0. The number of benzene rings is 5. The molecule has 1 heterocycles. The van der Waals surface area contributed by atoms with Crippen molar-refractivity contribution in [2.24, 2.45) is 0 Å². The van der Waals surface area contributed by atoms with Crippen LogP contribution in [0.2, 0.25) is 0 Å². The SMILES string of the molecule is Cc1cc(C)c2c(c1)OC(c1cc(OCc3ccccc3)c(OCc3ccccc3)c(OCc3ccccc3)c1)C(=O)C2. The Balaban J connectivity index is 1.40. The standard InChI is InChI=1S/C38H34O5/c1-26-18-27(2)32-22-33(39)37(43-34(32)19-26)31-20-35(40-23-28-12-6-3-7-13-28)38(42-25-30-16-10-5-11-17-30)36(21-31)41-24-29-14-8-4-9-15-29/h3-21,37H,22-25H2,1-2H3. The summed E-state index contributed by atoms with van der Waals surface area (Å²) in [4.78, 5) is 13.5. The Labute approximate surface area is 252 Å². The first kappa shape index (κ1) is 28.1. The smallest absolute Gasteiger partial charge is 0.203 e. The molecule has 1 aliphatic rings. The summed E-state index contributed by atoms with van der Waals surface area (Å²) < 4.78 is 25.6. The van der Waals surface area contributed by atoms with E-state index in [1.165, 1.54) is 0 Å². The maximum Gasteiger partial charge on any atom is 0.203 e. The van der Waals surface area contributed by atoms with Crippen molar-refractivity contribution >= 4 is 5.78 Å². The zero-order valence-electron chi connectivity index (χ0n) is 24.4. The molecule has 0 spiro atoms. The number of carbonyl (C=O) groups is 1. The van der Waals surface area contributed by atoms with Gasteiger partial charge in [0, 0.05) is 17.5 Å². The van der Waals surface area contributed by atoms with E-state index < -0.39 is 6.10 Å². The minimum atomic E-state index is -0.796. The van der Waals surface area contributed by atoms with Gasteiger partial charge in [-0.2, -0.15) is 0 Å². The maximum absolute atomic E-state index is 13.5. The number of hydrogen-bond donors (Lipinski definition) is 0. The summed E-state index contributed by atoms with van der Waals surface area (Å²) in [5.41, 5.74) is 6.79. The van der Waals surface area contributed by atoms with Crippen molar-refractivity contribution in [3.8, 4) is 23.0 Å². The number of fused-ring (bicyclic) bond motifs is 1. The molecule has 43 heavy (non-hydrogen) atoms. The molecule has 0 saturated heterocycles. The molecule has 5 aromatic rings. The lowest BCUT2D eigenvalue weighted by Gasteiger charge is -2.28. The molecule has 6 rings (SSSR count). The van der Waals surface area contributed by atoms with Gasteiger partial charge in [-0.3, -0.25) is 4.79 Å². The Morgan fingerprint density at radius 1 is 0.651 bits per heavy atom. The van der Waals surface area contributed by atoms with Gasteiger partial charge in [0.25, 0.3) is 0 Å². The molecule has 5 aromatic carbocycles. The Morgan fingerprint density at radius 2 is 1.14 bits per heavy atom. The molecule has 216 valence electrons. The van der Waals surface area contributed by atoms with Gasteiger partial charge in [-0.15, -0.1) is 0 Å². The number of ether oxygens (including phenoxy) is 4. The first-order chi connectivity index (χ1) is 21.0. The Hall–Kier alpha value is -5.03. The van der Waals surface area contributed by atoms with E-state index in [9.17, 15) is 4.79 Å². The number of hydrogen-bond acceptors (Lipinski definition) is 5. The summed E-state index contributed by atoms with van der Waals surface area (Å²) in [6.07, 6.45) is -0.492. The van der Waals surface area contributed by atoms with Gasteiger partial charge in [-0.05, 0) is 59.9 Å². The Morgan fingerprint density at radius 3 is 1.65 bits per heavy atom. The molecule has 0 radical (unpaired) electrons. The molecule has 0 saturated carbocycles. The predicted molar refractivity (Wildman–Crippen MR) is 167 cm³/mol. The zero-order valence-corrected chi connectivity index (χ0v) is 24.4. The summed E-state index contributed by atoms with van der Waals surface area (Å²) in [6.45, 7) is 5.03. The van der Waals surface area contributed by atoms with Gasteiger partial charge in [-0.1, -0.05) is 97.1 Å². The molecule has 0 amide bonds. The van der Waals surface area contributed by atoms with E-state index in [1.807, 2.05) is 123 Å². The number of Topliss-reactive ketones (excluding diaryl/α,β-unsaturated/α-hetero) is 1. The first-order valence-corrected chi connectivity index (χ1v) is 14.5. The zero-order chi connectivity index (χ0) is 29.6. The van der Waals surface area contributed by atoms with Crippen LogP contribution in [0.1, 0.15) is 45.0 Å². The van der Waals surface area contributed by atoms with E-state index in [0.717, 1.165) is 39.1 Å². The second-order valence-corrected chi connectivity index (χ2v) is 10.9. The molecular formula is C38H34O5. The maximum atomic E-state index is 13.5. The van der Waals surface area contributed by atoms with Crippen LogP contribution in [0.25, 0.3) is 0 Å². The minimum absolute atomic E-state index is 0.0135. The summed E-state index contributed by atoms with van der Waals surface area (Å²) in [5, 5.41) is 0. The number of rotatable bonds is 10. The highest BCUT2D eigenvalue weighted by Crippen LogP contribution is 2.44. The quantitative estimate of drug-likeness (QED) is 0.169. The number of carbonyl (C=O) groups excluding carboxylic acids is 1. The second-order valence-electron chi connectivity index (χ2n) is 10.9. The molecule has 1 aliphatic heterocycles. The highest BCUT2D eigenvalue weighted by Gasteiger charge is 2.32. The Kier molecular flexibility index (Phi) is 8.41. The molecule has 0 fully saturated rings. The predicted octanol–water partition coefficient (Wildman–Crippen LogP) is 8.29. The van der Waals surface area contributed by atoms with E-state index in [-0.39, 0.29) is 5.78 Å². The molecule has 0 aliphatic carbocycles. The van der Waals surface area contributed by atoms with Crippen LogP contribution in [0.15, 0.2) is 115 Å². The molecular weight excluding hydrogens is 536 g/mol. The molecule has 5 heteroatoms. The van der Waals surface area contributed by atoms with E-state index >= 15 is 0 Å². The Bertz CT molecular complexity index is 1630. The summed E-state index contributed by atoms with van der Waals surface area (Å²) in [5.74, 6) is 2.19. The van der Waals surface area contributed by atoms with Gasteiger partial charge in [0.05, 0.1) is 0 Å². The topological polar surface area (TPSA) is 54.0 Å². The minimum Gasteiger partial charge on any atom is -0.485 e. The highest BCUT2D eigenvalue weighted by atomic mass is 16.5. The van der Waals surface area contributed by atoms with Crippen LogP contribution in [-0.2, 0) is 31.0 Å². The van der Waals surface area contributed by atoms with E-state index in [1.54, 1.807) is 0 Å². The van der Waals surface area contributed by atoms with Crippen molar-refractivity contribution in [2.45, 2.75) is 46.2 Å². The van der Waals surface area contributed by atoms with Gasteiger partial charge < -0.3 is 18.9 Å². The van der Waals surface area contributed by atoms with Crippen LogP contribution in [-0.4, -0.2) is 5.78 Å². The lowest BCUT2D eigenvalue weighted by molar-refractivity contribution is -0.126. The largest absolute Gasteiger partial charge is 0.485 e. The van der Waals surface area contributed by atoms with Gasteiger partial charge in [0.1, 0.15) is 25.6 Å². The van der Waals surface area contributed by atoms with Crippen molar-refractivity contribution in [3.05, 3.63) is 154 Å². The lowest BCUT2D eigenvalue weighted by atomic mass is 9.92. The third kappa shape index (κ3) is 6.73. The van der Waals surface area contributed by atoms with Crippen LogP contribution in [0.5, 0.6) is 23.0 Å². The van der Waals surface area contributed by atoms with Crippen molar-refractivity contribution in [3.63, 3.8) is 0 Å². The van der Waals surface area contributed by atoms with E-state index in [4.69, 9.17) is 18.9 Å². The fourth-order valence-electron chi connectivity index (χ4n) is 5.31. The van der Waals surface area contributed by atoms with E-state index in [2.05, 4.69) is 6.07 Å². The molecule has 5 nitrogen and oxygen atoms in total. The number of aryl methyl sites for hydroxylation is 2. The van der Waals surface area contributed by atoms with Crippen molar-refractivity contribution in [1.82, 2.24) is 0 Å². The van der Waals surface area contributed by atoms with Crippen molar-refractivity contribution in [2.75, 3.05) is 0 Å². The fraction of sp³-hybridized carbons (Fsp3) is 0.184. The third-order valence-corrected chi connectivity index (χ3v) is 7.51.